The minimum Gasteiger partial charge on any atom is -0.455 e. The molecule has 0 radical (unpaired) electrons. The van der Waals surface area contributed by atoms with Crippen LogP contribution in [0.15, 0.2) is 150 Å². The van der Waals surface area contributed by atoms with Gasteiger partial charge in [0.15, 0.2) is 17.5 Å². The molecule has 0 aliphatic heterocycles. The summed E-state index contributed by atoms with van der Waals surface area (Å²) in [5.41, 5.74) is 7.17. The maximum absolute atomic E-state index is 6.53. The quantitative estimate of drug-likeness (QED) is 0.195. The fourth-order valence-electron chi connectivity index (χ4n) is 6.13. The molecule has 0 aliphatic carbocycles. The molecule has 6 aromatic carbocycles. The maximum Gasteiger partial charge on any atom is 0.167 e. The summed E-state index contributed by atoms with van der Waals surface area (Å²) in [6, 6.07) is 47.4. The van der Waals surface area contributed by atoms with Crippen molar-refractivity contribution in [3.05, 3.63) is 146 Å². The van der Waals surface area contributed by atoms with Gasteiger partial charge in [-0.15, -0.1) is 0 Å². The van der Waals surface area contributed by atoms with Gasteiger partial charge in [-0.05, 0) is 46.7 Å². The van der Waals surface area contributed by atoms with Crippen LogP contribution in [0.2, 0.25) is 0 Å². The summed E-state index contributed by atoms with van der Waals surface area (Å²) in [5.74, 6) is 1.76. The lowest BCUT2D eigenvalue weighted by Gasteiger charge is -2.11. The first-order valence-electron chi connectivity index (χ1n) is 14.9. The van der Waals surface area contributed by atoms with E-state index in [1.807, 2.05) is 85.1 Å². The number of rotatable bonds is 4. The smallest absolute Gasteiger partial charge is 0.167 e. The summed E-state index contributed by atoms with van der Waals surface area (Å²) < 4.78 is 6.53. The third-order valence-electron chi connectivity index (χ3n) is 8.34. The van der Waals surface area contributed by atoms with Crippen LogP contribution in [0.25, 0.3) is 88.9 Å². The van der Waals surface area contributed by atoms with Crippen molar-refractivity contribution in [3.8, 4) is 45.3 Å². The molecule has 3 heterocycles. The summed E-state index contributed by atoms with van der Waals surface area (Å²) in [7, 11) is 0. The van der Waals surface area contributed by atoms with Crippen LogP contribution in [0.3, 0.4) is 0 Å². The molecule has 0 bridgehead atoms. The molecule has 9 rings (SSSR count). The van der Waals surface area contributed by atoms with Crippen LogP contribution in [-0.2, 0) is 0 Å². The minimum absolute atomic E-state index is 0.549. The molecule has 0 amide bonds. The third-order valence-corrected chi connectivity index (χ3v) is 8.34. The second-order valence-corrected chi connectivity index (χ2v) is 11.1. The van der Waals surface area contributed by atoms with Crippen LogP contribution in [0.4, 0.5) is 0 Å². The van der Waals surface area contributed by atoms with Crippen LogP contribution < -0.4 is 0 Å². The van der Waals surface area contributed by atoms with Gasteiger partial charge in [-0.3, -0.25) is 4.98 Å². The van der Waals surface area contributed by atoms with E-state index in [0.717, 1.165) is 60.7 Å². The molecule has 0 saturated carbocycles. The van der Waals surface area contributed by atoms with E-state index in [1.54, 1.807) is 0 Å². The van der Waals surface area contributed by atoms with Crippen LogP contribution in [0, 0.1) is 0 Å². The van der Waals surface area contributed by atoms with Gasteiger partial charge >= 0.3 is 0 Å². The molecule has 0 unspecified atom stereocenters. The Labute approximate surface area is 258 Å². The molecule has 0 aliphatic rings. The number of hydrogen-bond acceptors (Lipinski definition) is 5. The maximum atomic E-state index is 6.53. The molecule has 0 fully saturated rings. The number of fused-ring (bicyclic) bond motifs is 6. The van der Waals surface area contributed by atoms with Crippen molar-refractivity contribution in [2.24, 2.45) is 0 Å². The van der Waals surface area contributed by atoms with E-state index in [2.05, 4.69) is 60.7 Å². The number of aromatic nitrogens is 4. The van der Waals surface area contributed by atoms with Gasteiger partial charge in [0.05, 0.1) is 11.1 Å². The lowest BCUT2D eigenvalue weighted by Crippen LogP contribution is -2.00. The Bertz CT molecular complexity index is 2480. The Hall–Kier alpha value is -6.20. The number of hydrogen-bond donors (Lipinski definition) is 0. The summed E-state index contributed by atoms with van der Waals surface area (Å²) >= 11 is 0. The Kier molecular flexibility index (Phi) is 5.74. The number of pyridine rings is 1. The summed E-state index contributed by atoms with van der Waals surface area (Å²) in [5, 5.41) is 5.52. The van der Waals surface area contributed by atoms with Crippen LogP contribution in [0.5, 0.6) is 0 Å². The summed E-state index contributed by atoms with van der Waals surface area (Å²) in [4.78, 5) is 19.9. The zero-order chi connectivity index (χ0) is 29.7. The van der Waals surface area contributed by atoms with E-state index in [4.69, 9.17) is 24.4 Å². The van der Waals surface area contributed by atoms with E-state index in [-0.39, 0.29) is 0 Å². The molecule has 0 spiro atoms. The highest BCUT2D eigenvalue weighted by Crippen LogP contribution is 2.40. The first-order valence-corrected chi connectivity index (χ1v) is 14.9. The molecule has 3 aromatic heterocycles. The van der Waals surface area contributed by atoms with Crippen LogP contribution >= 0.6 is 0 Å². The number of para-hydroxylation sites is 1. The van der Waals surface area contributed by atoms with Crippen molar-refractivity contribution in [1.82, 2.24) is 19.9 Å². The molecule has 0 N–H and O–H groups in total. The standard InChI is InChI=1S/C40H24N4O/c1-3-12-26(13-4-1)38-42-39(27-14-5-2-6-15-27)44-40(43-38)34-22-28(21-33-31-17-9-10-18-36(31)45-37(33)34)29-23-32-30-16-8-7-11-25(30)19-20-35(32)41-24-29/h1-24H. The topological polar surface area (TPSA) is 64.7 Å². The normalized spacial score (nSPS) is 11.6. The van der Waals surface area contributed by atoms with Gasteiger partial charge in [0.1, 0.15) is 11.2 Å². The van der Waals surface area contributed by atoms with Crippen molar-refractivity contribution in [2.75, 3.05) is 0 Å². The van der Waals surface area contributed by atoms with E-state index in [9.17, 15) is 0 Å². The van der Waals surface area contributed by atoms with Crippen molar-refractivity contribution in [1.29, 1.82) is 0 Å². The Morgan fingerprint density at radius 1 is 0.422 bits per heavy atom. The van der Waals surface area contributed by atoms with Gasteiger partial charge < -0.3 is 4.42 Å². The Balaban J connectivity index is 1.34. The van der Waals surface area contributed by atoms with Gasteiger partial charge in [0.25, 0.3) is 0 Å². The minimum atomic E-state index is 0.549. The van der Waals surface area contributed by atoms with Crippen LogP contribution in [-0.4, -0.2) is 19.9 Å². The average Bonchev–Trinajstić information content (AvgIpc) is 3.50. The monoisotopic (exact) mass is 576 g/mol. The van der Waals surface area contributed by atoms with Crippen molar-refractivity contribution < 1.29 is 4.42 Å². The molecule has 5 heteroatoms. The van der Waals surface area contributed by atoms with Gasteiger partial charge in [-0.1, -0.05) is 109 Å². The zero-order valence-corrected chi connectivity index (χ0v) is 24.1. The van der Waals surface area contributed by atoms with E-state index in [1.165, 1.54) is 10.8 Å². The number of furan rings is 1. The first kappa shape index (κ1) is 25.3. The third kappa shape index (κ3) is 4.33. The van der Waals surface area contributed by atoms with E-state index in [0.29, 0.717) is 17.5 Å². The van der Waals surface area contributed by atoms with Crippen molar-refractivity contribution in [3.63, 3.8) is 0 Å². The molecule has 0 atom stereocenters. The van der Waals surface area contributed by atoms with Crippen LogP contribution in [0.1, 0.15) is 0 Å². The van der Waals surface area contributed by atoms with Gasteiger partial charge in [-0.25, -0.2) is 15.0 Å². The highest BCUT2D eigenvalue weighted by Gasteiger charge is 2.20. The molecule has 9 aromatic rings. The fraction of sp³-hybridized carbons (Fsp3) is 0. The van der Waals surface area contributed by atoms with Gasteiger partial charge in [0.2, 0.25) is 0 Å². The predicted molar refractivity (Wildman–Crippen MR) is 182 cm³/mol. The number of benzene rings is 6. The second-order valence-electron chi connectivity index (χ2n) is 11.1. The van der Waals surface area contributed by atoms with E-state index >= 15 is 0 Å². The second kappa shape index (κ2) is 10.2. The Morgan fingerprint density at radius 2 is 1.04 bits per heavy atom. The fourth-order valence-corrected chi connectivity index (χ4v) is 6.13. The van der Waals surface area contributed by atoms with Crippen molar-refractivity contribution in [2.45, 2.75) is 0 Å². The molecular weight excluding hydrogens is 552 g/mol. The SMILES string of the molecule is c1ccc(-c2nc(-c3ccccc3)nc(-c3cc(-c4cnc5ccc6ccccc6c5c4)cc4c3oc3ccccc34)n2)cc1. The summed E-state index contributed by atoms with van der Waals surface area (Å²) in [6.07, 6.45) is 1.95. The first-order chi connectivity index (χ1) is 22.3. The van der Waals surface area contributed by atoms with Crippen molar-refractivity contribution >= 4 is 43.6 Å². The summed E-state index contributed by atoms with van der Waals surface area (Å²) in [6.45, 7) is 0. The molecule has 5 nitrogen and oxygen atoms in total. The molecule has 210 valence electrons. The zero-order valence-electron chi connectivity index (χ0n) is 24.1. The molecule has 45 heavy (non-hydrogen) atoms. The molecular formula is C40H24N4O. The van der Waals surface area contributed by atoms with E-state index < -0.39 is 0 Å². The predicted octanol–water partition coefficient (Wildman–Crippen LogP) is 10.1. The highest BCUT2D eigenvalue weighted by atomic mass is 16.3. The number of nitrogens with zero attached hydrogens (tertiary/aromatic N) is 4. The van der Waals surface area contributed by atoms with Gasteiger partial charge in [0, 0.05) is 39.0 Å². The van der Waals surface area contributed by atoms with Gasteiger partial charge in [-0.2, -0.15) is 0 Å². The average molecular weight is 577 g/mol. The Morgan fingerprint density at radius 3 is 1.80 bits per heavy atom. The molecule has 0 saturated heterocycles. The largest absolute Gasteiger partial charge is 0.455 e. The lowest BCUT2D eigenvalue weighted by atomic mass is 9.97. The highest BCUT2D eigenvalue weighted by molar-refractivity contribution is 6.12. The lowest BCUT2D eigenvalue weighted by molar-refractivity contribution is 0.669.